The molecule has 0 aliphatic carbocycles. The Morgan fingerprint density at radius 2 is 1.77 bits per heavy atom. The average molecular weight is 357 g/mol. The number of methoxy groups -OCH3 is 2. The van der Waals surface area contributed by atoms with Gasteiger partial charge in [0.15, 0.2) is 0 Å². The summed E-state index contributed by atoms with van der Waals surface area (Å²) in [7, 11) is 2.90. The van der Waals surface area contributed by atoms with Crippen LogP contribution in [-0.4, -0.2) is 44.1 Å². The van der Waals surface area contributed by atoms with Crippen molar-refractivity contribution in [2.75, 3.05) is 27.4 Å². The summed E-state index contributed by atoms with van der Waals surface area (Å²) >= 11 is 0. The molecule has 1 aliphatic rings. The lowest BCUT2D eigenvalue weighted by Gasteiger charge is -2.19. The molecule has 1 aromatic rings. The van der Waals surface area contributed by atoms with E-state index < -0.39 is 5.97 Å². The molecule has 0 N–H and O–H groups in total. The first-order chi connectivity index (χ1) is 12.2. The molecular formula is C21H27NO4. The molecule has 0 spiro atoms. The first-order valence-electron chi connectivity index (χ1n) is 8.63. The number of amides is 1. The van der Waals surface area contributed by atoms with Crippen LogP contribution in [0.1, 0.15) is 38.8 Å². The molecule has 140 valence electrons. The first-order valence-corrected chi connectivity index (χ1v) is 8.63. The Balaban J connectivity index is 2.43. The maximum absolute atomic E-state index is 12.8. The number of esters is 1. The Hall–Kier alpha value is -2.40. The highest BCUT2D eigenvalue weighted by atomic mass is 16.5. The van der Waals surface area contributed by atoms with Crippen LogP contribution in [0.3, 0.4) is 0 Å². The number of rotatable bonds is 5. The number of nitrogens with zero attached hydrogens (tertiary/aromatic N) is 1. The molecule has 2 rings (SSSR count). The van der Waals surface area contributed by atoms with Gasteiger partial charge in [0.2, 0.25) is 0 Å². The van der Waals surface area contributed by atoms with Crippen LogP contribution in [0.15, 0.2) is 41.1 Å². The van der Waals surface area contributed by atoms with E-state index in [1.165, 1.54) is 12.7 Å². The van der Waals surface area contributed by atoms with Crippen LogP contribution >= 0.6 is 0 Å². The van der Waals surface area contributed by atoms with Crippen molar-refractivity contribution >= 4 is 18.0 Å². The highest BCUT2D eigenvalue weighted by molar-refractivity contribution is 6.16. The maximum atomic E-state index is 12.8. The van der Waals surface area contributed by atoms with Gasteiger partial charge in [-0.05, 0) is 29.5 Å². The smallest absolute Gasteiger partial charge is 0.340 e. The van der Waals surface area contributed by atoms with Crippen molar-refractivity contribution in [2.45, 2.75) is 33.1 Å². The number of hydrogen-bond donors (Lipinski definition) is 0. The molecule has 1 heterocycles. The summed E-state index contributed by atoms with van der Waals surface area (Å²) in [5, 5.41) is 0. The van der Waals surface area contributed by atoms with Gasteiger partial charge in [0, 0.05) is 19.4 Å². The monoisotopic (exact) mass is 357 g/mol. The molecule has 5 nitrogen and oxygen atoms in total. The van der Waals surface area contributed by atoms with Gasteiger partial charge in [-0.25, -0.2) is 4.79 Å². The van der Waals surface area contributed by atoms with E-state index in [-0.39, 0.29) is 11.3 Å². The Morgan fingerprint density at radius 1 is 1.15 bits per heavy atom. The lowest BCUT2D eigenvalue weighted by molar-refractivity contribution is -0.136. The quantitative estimate of drug-likeness (QED) is 0.599. The summed E-state index contributed by atoms with van der Waals surface area (Å²) in [5.74, 6) is -0.715. The van der Waals surface area contributed by atoms with Crippen molar-refractivity contribution in [3.8, 4) is 0 Å². The van der Waals surface area contributed by atoms with Crippen molar-refractivity contribution in [1.29, 1.82) is 0 Å². The fourth-order valence-electron chi connectivity index (χ4n) is 2.93. The zero-order valence-electron chi connectivity index (χ0n) is 16.4. The minimum atomic E-state index is -0.506. The number of carbonyl (C=O) groups is 2. The van der Waals surface area contributed by atoms with Crippen LogP contribution in [0.25, 0.3) is 6.08 Å². The fourth-order valence-corrected chi connectivity index (χ4v) is 2.93. The summed E-state index contributed by atoms with van der Waals surface area (Å²) in [6.07, 6.45) is 1.75. The number of benzene rings is 1. The van der Waals surface area contributed by atoms with Crippen molar-refractivity contribution in [3.05, 3.63) is 52.2 Å². The third-order valence-corrected chi connectivity index (χ3v) is 4.51. The molecule has 0 radical (unpaired) electrons. The fraction of sp³-hybridized carbons (Fsp3) is 0.429. The molecule has 0 aromatic heterocycles. The zero-order chi connectivity index (χ0) is 19.5. The van der Waals surface area contributed by atoms with Crippen LogP contribution in [0, 0.1) is 0 Å². The van der Waals surface area contributed by atoms with E-state index in [4.69, 9.17) is 9.47 Å². The van der Waals surface area contributed by atoms with E-state index in [2.05, 4.69) is 20.8 Å². The predicted octanol–water partition coefficient (Wildman–Crippen LogP) is 3.30. The molecular weight excluding hydrogens is 330 g/mol. The molecule has 0 fully saturated rings. The highest BCUT2D eigenvalue weighted by Crippen LogP contribution is 2.32. The Morgan fingerprint density at radius 3 is 2.27 bits per heavy atom. The number of allylic oxidation sites excluding steroid dienone is 1. The number of hydrogen-bond acceptors (Lipinski definition) is 4. The predicted molar refractivity (Wildman–Crippen MR) is 101 cm³/mol. The van der Waals surface area contributed by atoms with E-state index in [1.54, 1.807) is 25.0 Å². The Bertz CT molecular complexity index is 751. The molecule has 5 heteroatoms. The van der Waals surface area contributed by atoms with Crippen LogP contribution in [0.4, 0.5) is 0 Å². The summed E-state index contributed by atoms with van der Waals surface area (Å²) in [5.41, 5.74) is 3.39. The Labute approximate surface area is 155 Å². The summed E-state index contributed by atoms with van der Waals surface area (Å²) in [4.78, 5) is 26.6. The summed E-state index contributed by atoms with van der Waals surface area (Å²) in [6, 6.07) is 8.01. The van der Waals surface area contributed by atoms with Crippen LogP contribution in [0.2, 0.25) is 0 Å². The molecule has 1 amide bonds. The van der Waals surface area contributed by atoms with Crippen molar-refractivity contribution in [1.82, 2.24) is 4.90 Å². The standard InChI is InChI=1S/C21H27NO4/c1-14-18(20(24)26-6)17(19(23)22(14)11-12-25-5)13-15-7-9-16(10-8-15)21(2,3)4/h7-10,13H,11-12H2,1-6H3/b17-13-. The van der Waals surface area contributed by atoms with Crippen LogP contribution in [0.5, 0.6) is 0 Å². The van der Waals surface area contributed by atoms with Gasteiger partial charge >= 0.3 is 5.97 Å². The molecule has 1 aliphatic heterocycles. The number of ether oxygens (including phenoxy) is 2. The number of carbonyl (C=O) groups excluding carboxylic acids is 2. The van der Waals surface area contributed by atoms with Gasteiger partial charge in [-0.3, -0.25) is 4.79 Å². The van der Waals surface area contributed by atoms with Gasteiger partial charge < -0.3 is 14.4 Å². The maximum Gasteiger partial charge on any atom is 0.340 e. The molecule has 26 heavy (non-hydrogen) atoms. The second-order valence-corrected chi connectivity index (χ2v) is 7.33. The van der Waals surface area contributed by atoms with Gasteiger partial charge in [0.25, 0.3) is 5.91 Å². The van der Waals surface area contributed by atoms with Crippen molar-refractivity contribution in [2.24, 2.45) is 0 Å². The van der Waals surface area contributed by atoms with E-state index in [1.807, 2.05) is 24.3 Å². The van der Waals surface area contributed by atoms with Gasteiger partial charge in [-0.2, -0.15) is 0 Å². The van der Waals surface area contributed by atoms with Crippen molar-refractivity contribution < 1.29 is 19.1 Å². The van der Waals surface area contributed by atoms with Gasteiger partial charge in [0.1, 0.15) is 0 Å². The molecule has 0 saturated heterocycles. The molecule has 0 saturated carbocycles. The van der Waals surface area contributed by atoms with E-state index in [0.717, 1.165) is 5.56 Å². The van der Waals surface area contributed by atoms with Gasteiger partial charge in [-0.15, -0.1) is 0 Å². The summed E-state index contributed by atoms with van der Waals surface area (Å²) in [6.45, 7) is 8.98. The van der Waals surface area contributed by atoms with Crippen LogP contribution < -0.4 is 0 Å². The summed E-state index contributed by atoms with van der Waals surface area (Å²) < 4.78 is 9.96. The van der Waals surface area contributed by atoms with Crippen LogP contribution in [-0.2, 0) is 24.5 Å². The molecule has 1 aromatic carbocycles. The van der Waals surface area contributed by atoms with E-state index in [0.29, 0.717) is 30.0 Å². The highest BCUT2D eigenvalue weighted by Gasteiger charge is 2.36. The lowest BCUT2D eigenvalue weighted by atomic mass is 9.86. The average Bonchev–Trinajstić information content (AvgIpc) is 2.82. The van der Waals surface area contributed by atoms with E-state index in [9.17, 15) is 9.59 Å². The van der Waals surface area contributed by atoms with Gasteiger partial charge in [0.05, 0.1) is 24.9 Å². The molecule has 0 atom stereocenters. The SMILES string of the molecule is COCCN1C(=O)/C(=C\c2ccc(C(C)(C)C)cc2)C(C(=O)OC)=C1C. The normalized spacial score (nSPS) is 16.6. The largest absolute Gasteiger partial charge is 0.465 e. The third kappa shape index (κ3) is 4.05. The minimum absolute atomic E-state index is 0.0550. The first kappa shape index (κ1) is 19.9. The van der Waals surface area contributed by atoms with E-state index >= 15 is 0 Å². The molecule has 0 unspecified atom stereocenters. The second kappa shape index (κ2) is 7.87. The molecule has 0 bridgehead atoms. The minimum Gasteiger partial charge on any atom is -0.465 e. The van der Waals surface area contributed by atoms with Gasteiger partial charge in [-0.1, -0.05) is 45.0 Å². The third-order valence-electron chi connectivity index (χ3n) is 4.51. The topological polar surface area (TPSA) is 55.8 Å². The zero-order valence-corrected chi connectivity index (χ0v) is 16.4. The second-order valence-electron chi connectivity index (χ2n) is 7.33. The Kier molecular flexibility index (Phi) is 6.03. The lowest BCUT2D eigenvalue weighted by Crippen LogP contribution is -2.28. The van der Waals surface area contributed by atoms with Crippen molar-refractivity contribution in [3.63, 3.8) is 0 Å².